The summed E-state index contributed by atoms with van der Waals surface area (Å²) in [7, 11) is 0. The predicted octanol–water partition coefficient (Wildman–Crippen LogP) is 3.00. The molecule has 0 aliphatic heterocycles. The van der Waals surface area contributed by atoms with Crippen LogP contribution in [0.15, 0.2) is 54.6 Å². The van der Waals surface area contributed by atoms with Gasteiger partial charge in [0.05, 0.1) is 16.8 Å². The SMILES string of the molecule is NCc1ccc(Oc2cc(O)c3c(c2N)C(=O)c2ccccc2C3=O)cc1. The van der Waals surface area contributed by atoms with Gasteiger partial charge in [-0.3, -0.25) is 9.59 Å². The summed E-state index contributed by atoms with van der Waals surface area (Å²) in [6, 6.07) is 14.7. The summed E-state index contributed by atoms with van der Waals surface area (Å²) in [5, 5.41) is 10.4. The zero-order chi connectivity index (χ0) is 19.1. The van der Waals surface area contributed by atoms with E-state index in [9.17, 15) is 14.7 Å². The van der Waals surface area contributed by atoms with Crippen molar-refractivity contribution in [2.45, 2.75) is 6.54 Å². The number of rotatable bonds is 3. The van der Waals surface area contributed by atoms with Crippen molar-refractivity contribution in [2.75, 3.05) is 5.73 Å². The minimum absolute atomic E-state index is 0.0126. The van der Waals surface area contributed by atoms with Gasteiger partial charge >= 0.3 is 0 Å². The number of aromatic hydroxyl groups is 1. The Labute approximate surface area is 155 Å². The van der Waals surface area contributed by atoms with E-state index in [1.165, 1.54) is 6.07 Å². The fraction of sp³-hybridized carbons (Fsp3) is 0.0476. The number of nitrogens with two attached hydrogens (primary N) is 2. The highest BCUT2D eigenvalue weighted by molar-refractivity contribution is 6.31. The third-order valence-electron chi connectivity index (χ3n) is 4.57. The first-order valence-corrected chi connectivity index (χ1v) is 8.32. The molecule has 0 heterocycles. The molecule has 3 aromatic rings. The molecule has 0 fully saturated rings. The lowest BCUT2D eigenvalue weighted by Gasteiger charge is -2.21. The van der Waals surface area contributed by atoms with E-state index >= 15 is 0 Å². The molecule has 3 aromatic carbocycles. The van der Waals surface area contributed by atoms with Crippen LogP contribution < -0.4 is 16.2 Å². The maximum atomic E-state index is 12.9. The van der Waals surface area contributed by atoms with Crippen molar-refractivity contribution in [3.05, 3.63) is 82.4 Å². The van der Waals surface area contributed by atoms with Crippen LogP contribution in [0.2, 0.25) is 0 Å². The average molecular weight is 360 g/mol. The van der Waals surface area contributed by atoms with Crippen LogP contribution in [0.1, 0.15) is 37.4 Å². The van der Waals surface area contributed by atoms with E-state index in [2.05, 4.69) is 0 Å². The van der Waals surface area contributed by atoms with E-state index in [0.717, 1.165) is 5.56 Å². The maximum Gasteiger partial charge on any atom is 0.198 e. The number of ether oxygens (including phenoxy) is 1. The van der Waals surface area contributed by atoms with Crippen molar-refractivity contribution >= 4 is 17.3 Å². The molecule has 0 amide bonds. The summed E-state index contributed by atoms with van der Waals surface area (Å²) in [4.78, 5) is 25.6. The number of anilines is 1. The summed E-state index contributed by atoms with van der Waals surface area (Å²) in [5.41, 5.74) is 13.0. The van der Waals surface area contributed by atoms with Gasteiger partial charge in [0.1, 0.15) is 11.5 Å². The normalized spacial score (nSPS) is 12.5. The number of carbonyl (C=O) groups excluding carboxylic acids is 2. The molecule has 0 saturated carbocycles. The number of phenols is 1. The summed E-state index contributed by atoms with van der Waals surface area (Å²) in [6.07, 6.45) is 0. The Hall–Kier alpha value is -3.64. The third-order valence-corrected chi connectivity index (χ3v) is 4.57. The minimum Gasteiger partial charge on any atom is -0.507 e. The Morgan fingerprint density at radius 3 is 2.07 bits per heavy atom. The van der Waals surface area contributed by atoms with Gasteiger partial charge < -0.3 is 21.3 Å². The Morgan fingerprint density at radius 1 is 0.889 bits per heavy atom. The van der Waals surface area contributed by atoms with Gasteiger partial charge in [-0.2, -0.15) is 0 Å². The molecule has 1 aliphatic carbocycles. The van der Waals surface area contributed by atoms with Crippen LogP contribution in [0, 0.1) is 0 Å². The lowest BCUT2D eigenvalue weighted by molar-refractivity contribution is 0.0977. The Balaban J connectivity index is 1.82. The third kappa shape index (κ3) is 2.63. The Kier molecular flexibility index (Phi) is 3.90. The van der Waals surface area contributed by atoms with Crippen molar-refractivity contribution in [3.63, 3.8) is 0 Å². The second-order valence-corrected chi connectivity index (χ2v) is 6.21. The van der Waals surface area contributed by atoms with Crippen molar-refractivity contribution in [1.29, 1.82) is 0 Å². The van der Waals surface area contributed by atoms with Gasteiger partial charge in [-0.25, -0.2) is 0 Å². The molecule has 134 valence electrons. The molecule has 0 bridgehead atoms. The van der Waals surface area contributed by atoms with Crippen molar-refractivity contribution in [1.82, 2.24) is 0 Å². The molecule has 0 spiro atoms. The van der Waals surface area contributed by atoms with Gasteiger partial charge in [-0.05, 0) is 17.7 Å². The van der Waals surface area contributed by atoms with Crippen molar-refractivity contribution in [3.8, 4) is 17.2 Å². The number of fused-ring (bicyclic) bond motifs is 2. The summed E-state index contributed by atoms with van der Waals surface area (Å²) >= 11 is 0. The molecule has 0 radical (unpaired) electrons. The first-order chi connectivity index (χ1) is 13.0. The second kappa shape index (κ2) is 6.26. The topological polar surface area (TPSA) is 116 Å². The number of ketones is 2. The van der Waals surface area contributed by atoms with E-state index in [1.807, 2.05) is 0 Å². The average Bonchev–Trinajstić information content (AvgIpc) is 2.69. The fourth-order valence-electron chi connectivity index (χ4n) is 3.18. The van der Waals surface area contributed by atoms with E-state index < -0.39 is 11.6 Å². The Morgan fingerprint density at radius 2 is 1.48 bits per heavy atom. The van der Waals surface area contributed by atoms with Crippen LogP contribution in [-0.2, 0) is 6.54 Å². The van der Waals surface area contributed by atoms with Crippen molar-refractivity contribution < 1.29 is 19.4 Å². The van der Waals surface area contributed by atoms with Gasteiger partial charge in [0, 0.05) is 23.7 Å². The molecule has 4 rings (SSSR count). The predicted molar refractivity (Wildman–Crippen MR) is 100 cm³/mol. The second-order valence-electron chi connectivity index (χ2n) is 6.21. The number of nitrogen functional groups attached to an aromatic ring is 1. The van der Waals surface area contributed by atoms with Crippen molar-refractivity contribution in [2.24, 2.45) is 5.73 Å². The van der Waals surface area contributed by atoms with Crippen LogP contribution in [-0.4, -0.2) is 16.7 Å². The first kappa shape index (κ1) is 16.8. The number of hydrogen-bond donors (Lipinski definition) is 3. The van der Waals surface area contributed by atoms with E-state index in [4.69, 9.17) is 16.2 Å². The quantitative estimate of drug-likeness (QED) is 0.382. The molecule has 6 heteroatoms. The van der Waals surface area contributed by atoms with E-state index in [1.54, 1.807) is 48.5 Å². The minimum atomic E-state index is -0.441. The van der Waals surface area contributed by atoms with Crippen LogP contribution in [0.4, 0.5) is 5.69 Å². The molecule has 0 aromatic heterocycles. The van der Waals surface area contributed by atoms with Crippen LogP contribution >= 0.6 is 0 Å². The molecule has 6 nitrogen and oxygen atoms in total. The van der Waals surface area contributed by atoms with Gasteiger partial charge in [0.15, 0.2) is 17.3 Å². The van der Waals surface area contributed by atoms with Crippen LogP contribution in [0.25, 0.3) is 0 Å². The molecule has 5 N–H and O–H groups in total. The summed E-state index contributed by atoms with van der Waals surface area (Å²) in [5.74, 6) is -0.638. The van der Waals surface area contributed by atoms with Gasteiger partial charge in [0.25, 0.3) is 0 Å². The highest BCUT2D eigenvalue weighted by atomic mass is 16.5. The fourth-order valence-corrected chi connectivity index (χ4v) is 3.18. The smallest absolute Gasteiger partial charge is 0.198 e. The highest BCUT2D eigenvalue weighted by Gasteiger charge is 2.35. The molecular weight excluding hydrogens is 344 g/mol. The number of phenolic OH excluding ortho intramolecular Hbond substituents is 1. The first-order valence-electron chi connectivity index (χ1n) is 8.32. The number of hydrogen-bond acceptors (Lipinski definition) is 6. The number of benzene rings is 3. The molecule has 27 heavy (non-hydrogen) atoms. The van der Waals surface area contributed by atoms with Gasteiger partial charge in [-0.1, -0.05) is 36.4 Å². The van der Waals surface area contributed by atoms with E-state index in [-0.39, 0.29) is 39.4 Å². The zero-order valence-corrected chi connectivity index (χ0v) is 14.2. The standard InChI is InChI=1S/C21H16N2O4/c22-10-11-5-7-12(8-6-11)27-16-9-15(24)17-18(19(16)23)21(26)14-4-2-1-3-13(14)20(17)25/h1-9,24H,10,22-23H2. The summed E-state index contributed by atoms with van der Waals surface area (Å²) in [6.45, 7) is 0.401. The Bertz CT molecular complexity index is 1090. The molecule has 0 unspecified atom stereocenters. The lowest BCUT2D eigenvalue weighted by atomic mass is 9.82. The number of carbonyl (C=O) groups is 2. The molecular formula is C21H16N2O4. The molecule has 0 saturated heterocycles. The molecule has 1 aliphatic rings. The maximum absolute atomic E-state index is 12.9. The zero-order valence-electron chi connectivity index (χ0n) is 14.2. The lowest BCUT2D eigenvalue weighted by Crippen LogP contribution is -2.22. The highest BCUT2D eigenvalue weighted by Crippen LogP contribution is 2.42. The monoisotopic (exact) mass is 360 g/mol. The van der Waals surface area contributed by atoms with Crippen LogP contribution in [0.5, 0.6) is 17.2 Å². The largest absolute Gasteiger partial charge is 0.507 e. The van der Waals surface area contributed by atoms with Gasteiger partial charge in [0.2, 0.25) is 0 Å². The van der Waals surface area contributed by atoms with Crippen LogP contribution in [0.3, 0.4) is 0 Å². The van der Waals surface area contributed by atoms with E-state index in [0.29, 0.717) is 12.3 Å². The molecule has 0 atom stereocenters. The summed E-state index contributed by atoms with van der Waals surface area (Å²) < 4.78 is 5.74. The van der Waals surface area contributed by atoms with Gasteiger partial charge in [-0.15, -0.1) is 0 Å².